The lowest BCUT2D eigenvalue weighted by atomic mass is 10.2. The van der Waals surface area contributed by atoms with Crippen LogP contribution in [-0.2, 0) is 6.42 Å². The molecule has 0 N–H and O–H groups in total. The van der Waals surface area contributed by atoms with Gasteiger partial charge in [0.1, 0.15) is 0 Å². The SMILES string of the molecule is CCc1nc2nnc(C(=O)N3CCN(c4ccccc4)CC3)c(C)n2n1. The third-order valence-corrected chi connectivity index (χ3v) is 4.74. The molecule has 0 aliphatic carbocycles. The van der Waals surface area contributed by atoms with Crippen molar-refractivity contribution in [2.24, 2.45) is 0 Å². The maximum Gasteiger partial charge on any atom is 0.276 e. The Labute approximate surface area is 151 Å². The van der Waals surface area contributed by atoms with Gasteiger partial charge in [-0.15, -0.1) is 15.3 Å². The van der Waals surface area contributed by atoms with Crippen LogP contribution in [0.15, 0.2) is 30.3 Å². The van der Waals surface area contributed by atoms with Crippen molar-refractivity contribution in [3.8, 4) is 0 Å². The average Bonchev–Trinajstić information content (AvgIpc) is 3.13. The summed E-state index contributed by atoms with van der Waals surface area (Å²) < 4.78 is 1.61. The first kappa shape index (κ1) is 16.4. The van der Waals surface area contributed by atoms with Gasteiger partial charge >= 0.3 is 0 Å². The first-order valence-electron chi connectivity index (χ1n) is 8.85. The molecule has 0 radical (unpaired) electrons. The molecule has 1 aromatic carbocycles. The van der Waals surface area contributed by atoms with Crippen LogP contribution in [0.3, 0.4) is 0 Å². The summed E-state index contributed by atoms with van der Waals surface area (Å²) in [5, 5.41) is 12.6. The molecule has 1 aliphatic rings. The van der Waals surface area contributed by atoms with E-state index in [-0.39, 0.29) is 5.91 Å². The number of benzene rings is 1. The van der Waals surface area contributed by atoms with Gasteiger partial charge in [-0.3, -0.25) is 4.79 Å². The molecule has 0 atom stereocenters. The quantitative estimate of drug-likeness (QED) is 0.709. The standard InChI is InChI=1S/C18H21N7O/c1-3-15-19-18-21-20-16(13(2)25(18)22-15)17(26)24-11-9-23(10-12-24)14-7-5-4-6-8-14/h4-8H,3,9-12H2,1-2H3. The predicted octanol–water partition coefficient (Wildman–Crippen LogP) is 1.35. The van der Waals surface area contributed by atoms with Crippen molar-refractivity contribution in [3.63, 3.8) is 0 Å². The zero-order valence-corrected chi connectivity index (χ0v) is 15.0. The monoisotopic (exact) mass is 351 g/mol. The van der Waals surface area contributed by atoms with E-state index in [1.54, 1.807) is 4.52 Å². The highest BCUT2D eigenvalue weighted by atomic mass is 16.2. The Morgan fingerprint density at radius 1 is 1.08 bits per heavy atom. The van der Waals surface area contributed by atoms with Gasteiger partial charge in [0.15, 0.2) is 11.5 Å². The molecule has 3 aromatic rings. The van der Waals surface area contributed by atoms with Gasteiger partial charge in [-0.05, 0) is 19.1 Å². The third kappa shape index (κ3) is 2.87. The highest BCUT2D eigenvalue weighted by molar-refractivity contribution is 5.93. The van der Waals surface area contributed by atoms with Crippen LogP contribution in [-0.4, -0.2) is 61.8 Å². The molecular weight excluding hydrogens is 330 g/mol. The molecule has 4 rings (SSSR count). The van der Waals surface area contributed by atoms with Crippen LogP contribution >= 0.6 is 0 Å². The number of piperazine rings is 1. The van der Waals surface area contributed by atoms with Crippen molar-refractivity contribution in [1.82, 2.24) is 29.7 Å². The minimum Gasteiger partial charge on any atom is -0.368 e. The molecule has 1 saturated heterocycles. The fourth-order valence-electron chi connectivity index (χ4n) is 3.21. The number of fused-ring (bicyclic) bond motifs is 1. The lowest BCUT2D eigenvalue weighted by molar-refractivity contribution is 0.0738. The highest BCUT2D eigenvalue weighted by Crippen LogP contribution is 2.17. The molecule has 1 fully saturated rings. The Hall–Kier alpha value is -3.03. The van der Waals surface area contributed by atoms with Gasteiger partial charge in [-0.2, -0.15) is 9.50 Å². The number of carbonyl (C=O) groups excluding carboxylic acids is 1. The first-order valence-corrected chi connectivity index (χ1v) is 8.85. The van der Waals surface area contributed by atoms with Crippen molar-refractivity contribution in [2.75, 3.05) is 31.1 Å². The summed E-state index contributed by atoms with van der Waals surface area (Å²) in [7, 11) is 0. The Morgan fingerprint density at radius 3 is 2.50 bits per heavy atom. The van der Waals surface area contributed by atoms with Gasteiger partial charge in [0.25, 0.3) is 11.7 Å². The second-order valence-corrected chi connectivity index (χ2v) is 6.34. The summed E-state index contributed by atoms with van der Waals surface area (Å²) >= 11 is 0. The fourth-order valence-corrected chi connectivity index (χ4v) is 3.21. The maximum atomic E-state index is 12.9. The molecule has 134 valence electrons. The number of rotatable bonds is 3. The molecule has 8 nitrogen and oxygen atoms in total. The van der Waals surface area contributed by atoms with Crippen molar-refractivity contribution >= 4 is 17.4 Å². The molecule has 1 amide bonds. The van der Waals surface area contributed by atoms with E-state index in [4.69, 9.17) is 0 Å². The Kier molecular flexibility index (Phi) is 4.24. The Balaban J connectivity index is 1.52. The lowest BCUT2D eigenvalue weighted by Crippen LogP contribution is -2.49. The molecular formula is C18H21N7O. The van der Waals surface area contributed by atoms with Crippen LogP contribution in [0.5, 0.6) is 0 Å². The van der Waals surface area contributed by atoms with E-state index in [0.717, 1.165) is 13.1 Å². The Morgan fingerprint density at radius 2 is 1.81 bits per heavy atom. The highest BCUT2D eigenvalue weighted by Gasteiger charge is 2.26. The van der Waals surface area contributed by atoms with Crippen molar-refractivity contribution in [3.05, 3.63) is 47.5 Å². The second kappa shape index (κ2) is 6.70. The minimum absolute atomic E-state index is 0.0989. The average molecular weight is 351 g/mol. The molecule has 1 aliphatic heterocycles. The number of carbonyl (C=O) groups is 1. The summed E-state index contributed by atoms with van der Waals surface area (Å²) in [5.74, 6) is 1.03. The number of anilines is 1. The molecule has 3 heterocycles. The van der Waals surface area contributed by atoms with Crippen LogP contribution in [0.1, 0.15) is 28.9 Å². The van der Waals surface area contributed by atoms with E-state index >= 15 is 0 Å². The van der Waals surface area contributed by atoms with Gasteiger partial charge in [0.05, 0.1) is 5.69 Å². The van der Waals surface area contributed by atoms with Gasteiger partial charge in [-0.1, -0.05) is 25.1 Å². The number of hydrogen-bond acceptors (Lipinski definition) is 6. The van der Waals surface area contributed by atoms with Crippen LogP contribution in [0.25, 0.3) is 5.78 Å². The van der Waals surface area contributed by atoms with E-state index in [1.165, 1.54) is 5.69 Å². The predicted molar refractivity (Wildman–Crippen MR) is 97.3 cm³/mol. The van der Waals surface area contributed by atoms with Gasteiger partial charge in [-0.25, -0.2) is 0 Å². The van der Waals surface area contributed by atoms with Gasteiger partial charge in [0, 0.05) is 38.3 Å². The molecule has 0 spiro atoms. The number of amides is 1. The van der Waals surface area contributed by atoms with E-state index in [2.05, 4.69) is 37.3 Å². The van der Waals surface area contributed by atoms with E-state index in [0.29, 0.717) is 42.5 Å². The molecule has 8 heteroatoms. The van der Waals surface area contributed by atoms with Crippen LogP contribution in [0.4, 0.5) is 5.69 Å². The fraction of sp³-hybridized carbons (Fsp3) is 0.389. The van der Waals surface area contributed by atoms with E-state index < -0.39 is 0 Å². The van der Waals surface area contributed by atoms with Gasteiger partial charge in [0.2, 0.25) is 0 Å². The van der Waals surface area contributed by atoms with Crippen molar-refractivity contribution < 1.29 is 4.79 Å². The molecule has 0 unspecified atom stereocenters. The smallest absolute Gasteiger partial charge is 0.276 e. The largest absolute Gasteiger partial charge is 0.368 e. The number of aromatic nitrogens is 5. The number of aryl methyl sites for hydroxylation is 2. The zero-order chi connectivity index (χ0) is 18.1. The second-order valence-electron chi connectivity index (χ2n) is 6.34. The van der Waals surface area contributed by atoms with Crippen LogP contribution in [0.2, 0.25) is 0 Å². The van der Waals surface area contributed by atoms with Crippen LogP contribution in [0, 0.1) is 6.92 Å². The minimum atomic E-state index is -0.0989. The molecule has 26 heavy (non-hydrogen) atoms. The van der Waals surface area contributed by atoms with Gasteiger partial charge < -0.3 is 9.80 Å². The normalized spacial score (nSPS) is 14.8. The summed E-state index contributed by atoms with van der Waals surface area (Å²) in [4.78, 5) is 21.3. The van der Waals surface area contributed by atoms with E-state index in [9.17, 15) is 4.79 Å². The molecule has 2 aromatic heterocycles. The van der Waals surface area contributed by atoms with E-state index in [1.807, 2.05) is 36.9 Å². The number of para-hydroxylation sites is 1. The zero-order valence-electron chi connectivity index (χ0n) is 15.0. The topological polar surface area (TPSA) is 79.5 Å². The third-order valence-electron chi connectivity index (χ3n) is 4.74. The molecule has 0 saturated carbocycles. The van der Waals surface area contributed by atoms with Crippen molar-refractivity contribution in [1.29, 1.82) is 0 Å². The maximum absolute atomic E-state index is 12.9. The summed E-state index contributed by atoms with van der Waals surface area (Å²) in [5.41, 5.74) is 2.21. The summed E-state index contributed by atoms with van der Waals surface area (Å²) in [6.07, 6.45) is 0.716. The first-order chi connectivity index (χ1) is 12.7. The summed E-state index contributed by atoms with van der Waals surface area (Å²) in [6.45, 7) is 6.73. The lowest BCUT2D eigenvalue weighted by Gasteiger charge is -2.36. The number of nitrogens with zero attached hydrogens (tertiary/aromatic N) is 7. The van der Waals surface area contributed by atoms with Crippen molar-refractivity contribution in [2.45, 2.75) is 20.3 Å². The summed E-state index contributed by atoms with van der Waals surface area (Å²) in [6, 6.07) is 10.3. The molecule has 0 bridgehead atoms. The Bertz CT molecular complexity index is 929. The number of hydrogen-bond donors (Lipinski definition) is 0. The van der Waals surface area contributed by atoms with Crippen LogP contribution < -0.4 is 4.90 Å².